The van der Waals surface area contributed by atoms with E-state index < -0.39 is 0 Å². The van der Waals surface area contributed by atoms with Crippen LogP contribution in [-0.4, -0.2) is 42.1 Å². The quantitative estimate of drug-likeness (QED) is 0.946. The Kier molecular flexibility index (Phi) is 4.17. The van der Waals surface area contributed by atoms with Crippen LogP contribution in [0.15, 0.2) is 29.1 Å². The number of thiophene rings is 1. The molecule has 3 heterocycles. The summed E-state index contributed by atoms with van der Waals surface area (Å²) in [6.45, 7) is 3.80. The van der Waals surface area contributed by atoms with Gasteiger partial charge in [0.2, 0.25) is 0 Å². The van der Waals surface area contributed by atoms with Crippen LogP contribution in [0.2, 0.25) is 0 Å². The monoisotopic (exact) mass is 308 g/mol. The Balaban J connectivity index is 1.46. The number of amides is 2. The molecule has 1 saturated heterocycles. The van der Waals surface area contributed by atoms with E-state index in [0.717, 1.165) is 31.3 Å². The SMILES string of the molecule is O=C(NCc1cccs1)N1CCN(c2nccs2)CC1. The number of carbonyl (C=O) groups excluding carboxylic acids is 1. The van der Waals surface area contributed by atoms with Crippen molar-refractivity contribution in [1.82, 2.24) is 15.2 Å². The molecule has 2 amide bonds. The summed E-state index contributed by atoms with van der Waals surface area (Å²) in [6, 6.07) is 4.06. The number of hydrogen-bond donors (Lipinski definition) is 1. The van der Waals surface area contributed by atoms with E-state index in [4.69, 9.17) is 0 Å². The number of urea groups is 1. The predicted molar refractivity (Wildman–Crippen MR) is 82.5 cm³/mol. The minimum absolute atomic E-state index is 0.0252. The average molecular weight is 308 g/mol. The van der Waals surface area contributed by atoms with Gasteiger partial charge in [0.15, 0.2) is 5.13 Å². The zero-order valence-corrected chi connectivity index (χ0v) is 12.6. The third-order valence-electron chi connectivity index (χ3n) is 3.25. The van der Waals surface area contributed by atoms with Crippen molar-refractivity contribution in [2.75, 3.05) is 31.1 Å². The first-order valence-corrected chi connectivity index (χ1v) is 8.28. The Hall–Kier alpha value is -1.60. The van der Waals surface area contributed by atoms with Gasteiger partial charge in [-0.05, 0) is 11.4 Å². The molecular formula is C13H16N4OS2. The molecule has 0 radical (unpaired) electrons. The molecule has 20 heavy (non-hydrogen) atoms. The summed E-state index contributed by atoms with van der Waals surface area (Å²) in [5.41, 5.74) is 0. The van der Waals surface area contributed by atoms with Gasteiger partial charge in [-0.25, -0.2) is 9.78 Å². The summed E-state index contributed by atoms with van der Waals surface area (Å²) in [6.07, 6.45) is 1.82. The highest BCUT2D eigenvalue weighted by Gasteiger charge is 2.22. The highest BCUT2D eigenvalue weighted by molar-refractivity contribution is 7.13. The predicted octanol–water partition coefficient (Wildman–Crippen LogP) is 2.24. The van der Waals surface area contributed by atoms with Crippen LogP contribution in [0.4, 0.5) is 9.93 Å². The lowest BCUT2D eigenvalue weighted by Crippen LogP contribution is -2.51. The lowest BCUT2D eigenvalue weighted by atomic mass is 10.3. The van der Waals surface area contributed by atoms with E-state index >= 15 is 0 Å². The molecule has 0 aromatic carbocycles. The second-order valence-electron chi connectivity index (χ2n) is 4.53. The molecule has 7 heteroatoms. The summed E-state index contributed by atoms with van der Waals surface area (Å²) in [5.74, 6) is 0. The summed E-state index contributed by atoms with van der Waals surface area (Å²) in [7, 11) is 0. The summed E-state index contributed by atoms with van der Waals surface area (Å²) >= 11 is 3.31. The van der Waals surface area contributed by atoms with Gasteiger partial charge in [0, 0.05) is 42.6 Å². The Bertz CT molecular complexity index is 533. The third kappa shape index (κ3) is 3.10. The average Bonchev–Trinajstić information content (AvgIpc) is 3.18. The van der Waals surface area contributed by atoms with Crippen molar-refractivity contribution in [2.45, 2.75) is 6.54 Å². The maximum Gasteiger partial charge on any atom is 0.317 e. The van der Waals surface area contributed by atoms with Gasteiger partial charge in [0.1, 0.15) is 0 Å². The van der Waals surface area contributed by atoms with Crippen LogP contribution in [0, 0.1) is 0 Å². The van der Waals surface area contributed by atoms with Crippen molar-refractivity contribution in [2.24, 2.45) is 0 Å². The molecule has 1 aliphatic heterocycles. The molecule has 0 atom stereocenters. The van der Waals surface area contributed by atoms with Crippen molar-refractivity contribution in [3.05, 3.63) is 34.0 Å². The van der Waals surface area contributed by atoms with Crippen molar-refractivity contribution in [3.63, 3.8) is 0 Å². The second kappa shape index (κ2) is 6.23. The standard InChI is InChI=1S/C13H16N4OS2/c18-12(15-10-11-2-1-8-19-11)16-4-6-17(7-5-16)13-14-3-9-20-13/h1-3,8-9H,4-7,10H2,(H,15,18). The molecule has 3 rings (SSSR count). The fraction of sp³-hybridized carbons (Fsp3) is 0.385. The number of piperazine rings is 1. The molecule has 0 aliphatic carbocycles. The van der Waals surface area contributed by atoms with Crippen molar-refractivity contribution in [1.29, 1.82) is 0 Å². The number of hydrogen-bond acceptors (Lipinski definition) is 5. The van der Waals surface area contributed by atoms with Crippen molar-refractivity contribution >= 4 is 33.8 Å². The Morgan fingerprint density at radius 2 is 2.10 bits per heavy atom. The fourth-order valence-electron chi connectivity index (χ4n) is 2.16. The molecule has 1 N–H and O–H groups in total. The lowest BCUT2D eigenvalue weighted by Gasteiger charge is -2.34. The zero-order valence-electron chi connectivity index (χ0n) is 11.0. The first-order chi connectivity index (χ1) is 9.83. The topological polar surface area (TPSA) is 48.5 Å². The van der Waals surface area contributed by atoms with Gasteiger partial charge in [-0.15, -0.1) is 22.7 Å². The maximum absolute atomic E-state index is 12.1. The largest absolute Gasteiger partial charge is 0.345 e. The van der Waals surface area contributed by atoms with Crippen LogP contribution in [0.25, 0.3) is 0 Å². The van der Waals surface area contributed by atoms with Gasteiger partial charge < -0.3 is 15.1 Å². The minimum atomic E-state index is 0.0252. The number of nitrogens with one attached hydrogen (secondary N) is 1. The molecule has 1 fully saturated rings. The number of thiazole rings is 1. The molecule has 1 aliphatic rings. The molecule has 0 unspecified atom stereocenters. The zero-order chi connectivity index (χ0) is 13.8. The second-order valence-corrected chi connectivity index (χ2v) is 6.43. The van der Waals surface area contributed by atoms with Gasteiger partial charge in [0.25, 0.3) is 0 Å². The van der Waals surface area contributed by atoms with E-state index in [1.165, 1.54) is 4.88 Å². The highest BCUT2D eigenvalue weighted by atomic mass is 32.1. The van der Waals surface area contributed by atoms with Crippen LogP contribution in [0.3, 0.4) is 0 Å². The normalized spacial score (nSPS) is 15.4. The smallest absolute Gasteiger partial charge is 0.317 e. The lowest BCUT2D eigenvalue weighted by molar-refractivity contribution is 0.194. The third-order valence-corrected chi connectivity index (χ3v) is 4.96. The van der Waals surface area contributed by atoms with E-state index in [0.29, 0.717) is 6.54 Å². The van der Waals surface area contributed by atoms with Crippen LogP contribution in [0.5, 0.6) is 0 Å². The summed E-state index contributed by atoms with van der Waals surface area (Å²) in [4.78, 5) is 21.7. The molecule has 0 saturated carbocycles. The van der Waals surface area contributed by atoms with Crippen molar-refractivity contribution in [3.8, 4) is 0 Å². The summed E-state index contributed by atoms with van der Waals surface area (Å²) < 4.78 is 0. The Morgan fingerprint density at radius 1 is 1.25 bits per heavy atom. The molecule has 2 aromatic rings. The van der Waals surface area contributed by atoms with Crippen molar-refractivity contribution < 1.29 is 4.79 Å². The first-order valence-electron chi connectivity index (χ1n) is 6.52. The molecule has 0 bridgehead atoms. The van der Waals surface area contributed by atoms with Gasteiger partial charge in [-0.3, -0.25) is 0 Å². The Labute approximate surface area is 125 Å². The highest BCUT2D eigenvalue weighted by Crippen LogP contribution is 2.18. The number of nitrogens with zero attached hydrogens (tertiary/aromatic N) is 3. The first kappa shape index (κ1) is 13.4. The fourth-order valence-corrected chi connectivity index (χ4v) is 3.50. The molecule has 2 aromatic heterocycles. The molecule has 5 nitrogen and oxygen atoms in total. The van der Waals surface area contributed by atoms with Crippen LogP contribution in [-0.2, 0) is 6.54 Å². The molecule has 106 valence electrons. The van der Waals surface area contributed by atoms with E-state index in [1.807, 2.05) is 34.0 Å². The van der Waals surface area contributed by atoms with Crippen LogP contribution < -0.4 is 10.2 Å². The van der Waals surface area contributed by atoms with Gasteiger partial charge in [0.05, 0.1) is 6.54 Å². The molecule has 0 spiro atoms. The molecular weight excluding hydrogens is 292 g/mol. The van der Waals surface area contributed by atoms with Crippen LogP contribution in [0.1, 0.15) is 4.88 Å². The number of aromatic nitrogens is 1. The minimum Gasteiger partial charge on any atom is -0.345 e. The number of rotatable bonds is 3. The van der Waals surface area contributed by atoms with E-state index in [2.05, 4.69) is 15.2 Å². The van der Waals surface area contributed by atoms with Gasteiger partial charge in [-0.1, -0.05) is 6.07 Å². The maximum atomic E-state index is 12.1. The van der Waals surface area contributed by atoms with Gasteiger partial charge in [-0.2, -0.15) is 0 Å². The summed E-state index contributed by atoms with van der Waals surface area (Å²) in [5, 5.41) is 8.02. The van der Waals surface area contributed by atoms with E-state index in [1.54, 1.807) is 22.7 Å². The van der Waals surface area contributed by atoms with Gasteiger partial charge >= 0.3 is 6.03 Å². The number of anilines is 1. The van der Waals surface area contributed by atoms with E-state index in [9.17, 15) is 4.79 Å². The van der Waals surface area contributed by atoms with Crippen LogP contribution >= 0.6 is 22.7 Å². The Morgan fingerprint density at radius 3 is 2.75 bits per heavy atom. The number of carbonyl (C=O) groups is 1. The van der Waals surface area contributed by atoms with E-state index in [-0.39, 0.29) is 6.03 Å².